The molecule has 17 heavy (non-hydrogen) atoms. The molecule has 0 unspecified atom stereocenters. The van der Waals surface area contributed by atoms with Gasteiger partial charge in [0.2, 0.25) is 0 Å². The van der Waals surface area contributed by atoms with Crippen LogP contribution >= 0.6 is 11.3 Å². The molecule has 0 bridgehead atoms. The molecule has 5 nitrogen and oxygen atoms in total. The highest BCUT2D eigenvalue weighted by molar-refractivity contribution is 7.19. The second-order valence-electron chi connectivity index (χ2n) is 3.67. The summed E-state index contributed by atoms with van der Waals surface area (Å²) in [7, 11) is 0. The maximum atomic E-state index is 5.73. The van der Waals surface area contributed by atoms with Crippen molar-refractivity contribution in [3.05, 3.63) is 29.4 Å². The minimum atomic E-state index is 0.315. The molecular formula is C11H10N4OS. The van der Waals surface area contributed by atoms with Crippen LogP contribution in [0.1, 0.15) is 5.01 Å². The summed E-state index contributed by atoms with van der Waals surface area (Å²) in [5.41, 5.74) is 8.18. The van der Waals surface area contributed by atoms with Crippen molar-refractivity contribution in [2.24, 2.45) is 5.90 Å². The molecule has 0 atom stereocenters. The van der Waals surface area contributed by atoms with Crippen molar-refractivity contribution >= 4 is 38.1 Å². The first-order valence-corrected chi connectivity index (χ1v) is 5.85. The number of benzene rings is 1. The van der Waals surface area contributed by atoms with Crippen molar-refractivity contribution in [1.29, 1.82) is 0 Å². The molecule has 3 aromatic rings. The Balaban J connectivity index is 2.31. The van der Waals surface area contributed by atoms with Crippen LogP contribution in [0.3, 0.4) is 0 Å². The van der Waals surface area contributed by atoms with Crippen LogP contribution in [0.2, 0.25) is 0 Å². The standard InChI is InChI=1S/C11H10N4OS/c12-6-1-2-7-8(3-6)14-4-9-11(7)17-10(15-9)5-16-13/h1-4H,5,12-13H2. The fraction of sp³-hybridized carbons (Fsp3) is 0.0909. The number of aromatic nitrogens is 2. The average Bonchev–Trinajstić information content (AvgIpc) is 2.72. The third-order valence-electron chi connectivity index (χ3n) is 2.50. The summed E-state index contributed by atoms with van der Waals surface area (Å²) < 4.78 is 1.09. The van der Waals surface area contributed by atoms with Gasteiger partial charge in [0.05, 0.1) is 16.4 Å². The number of anilines is 1. The molecule has 0 saturated heterocycles. The first-order valence-electron chi connectivity index (χ1n) is 5.03. The quantitative estimate of drug-likeness (QED) is 0.532. The lowest BCUT2D eigenvalue weighted by atomic mass is 10.2. The molecule has 3 rings (SSSR count). The van der Waals surface area contributed by atoms with Crippen LogP contribution in [0, 0.1) is 0 Å². The Morgan fingerprint density at radius 3 is 3.00 bits per heavy atom. The lowest BCUT2D eigenvalue weighted by Gasteiger charge is -1.98. The molecule has 0 aliphatic carbocycles. The van der Waals surface area contributed by atoms with Crippen molar-refractivity contribution in [2.75, 3.05) is 5.73 Å². The molecule has 6 heteroatoms. The topological polar surface area (TPSA) is 87.0 Å². The van der Waals surface area contributed by atoms with E-state index in [-0.39, 0.29) is 0 Å². The summed E-state index contributed by atoms with van der Waals surface area (Å²) in [6.45, 7) is 0.315. The molecule has 0 spiro atoms. The molecule has 1 aromatic carbocycles. The number of thiazole rings is 1. The monoisotopic (exact) mass is 246 g/mol. The third-order valence-corrected chi connectivity index (χ3v) is 3.57. The van der Waals surface area contributed by atoms with Crippen LogP contribution in [0.15, 0.2) is 24.4 Å². The van der Waals surface area contributed by atoms with Crippen LogP contribution in [0.5, 0.6) is 0 Å². The van der Waals surface area contributed by atoms with E-state index in [4.69, 9.17) is 11.6 Å². The zero-order chi connectivity index (χ0) is 11.8. The minimum absolute atomic E-state index is 0.315. The van der Waals surface area contributed by atoms with Crippen molar-refractivity contribution < 1.29 is 4.84 Å². The van der Waals surface area contributed by atoms with Gasteiger partial charge in [-0.2, -0.15) is 0 Å². The minimum Gasteiger partial charge on any atom is -0.399 e. The molecule has 86 valence electrons. The molecule has 0 fully saturated rings. The van der Waals surface area contributed by atoms with Crippen LogP contribution in [-0.4, -0.2) is 9.97 Å². The number of nitrogens with two attached hydrogens (primary N) is 2. The smallest absolute Gasteiger partial charge is 0.122 e. The number of pyridine rings is 1. The molecule has 2 aromatic heterocycles. The predicted molar refractivity (Wildman–Crippen MR) is 68.3 cm³/mol. The van der Waals surface area contributed by atoms with Gasteiger partial charge in [-0.1, -0.05) is 0 Å². The molecule has 0 saturated carbocycles. The Labute approximate surface area is 101 Å². The van der Waals surface area contributed by atoms with Crippen LogP contribution in [-0.2, 0) is 11.4 Å². The lowest BCUT2D eigenvalue weighted by Crippen LogP contribution is -1.97. The van der Waals surface area contributed by atoms with Crippen molar-refractivity contribution in [1.82, 2.24) is 9.97 Å². The highest BCUT2D eigenvalue weighted by Gasteiger charge is 2.08. The van der Waals surface area contributed by atoms with Gasteiger partial charge in [-0.05, 0) is 18.2 Å². The average molecular weight is 246 g/mol. The van der Waals surface area contributed by atoms with Gasteiger partial charge in [-0.25, -0.2) is 10.9 Å². The molecule has 2 heterocycles. The van der Waals surface area contributed by atoms with E-state index < -0.39 is 0 Å². The second-order valence-corrected chi connectivity index (χ2v) is 4.75. The molecule has 0 aliphatic rings. The van der Waals surface area contributed by atoms with E-state index in [1.807, 2.05) is 18.2 Å². The van der Waals surface area contributed by atoms with Crippen LogP contribution in [0.4, 0.5) is 5.69 Å². The highest BCUT2D eigenvalue weighted by Crippen LogP contribution is 2.29. The van der Waals surface area contributed by atoms with Crippen LogP contribution in [0.25, 0.3) is 21.1 Å². The van der Waals surface area contributed by atoms with E-state index in [0.29, 0.717) is 12.3 Å². The molecule has 4 N–H and O–H groups in total. The largest absolute Gasteiger partial charge is 0.399 e. The SMILES string of the molecule is NOCc1nc2cnc3cc(N)ccc3c2s1. The first-order chi connectivity index (χ1) is 8.28. The van der Waals surface area contributed by atoms with Crippen molar-refractivity contribution in [3.8, 4) is 0 Å². The first kappa shape index (κ1) is 10.4. The normalized spacial score (nSPS) is 11.4. The van der Waals surface area contributed by atoms with Crippen molar-refractivity contribution in [2.45, 2.75) is 6.61 Å². The van der Waals surface area contributed by atoms with Gasteiger partial charge in [0, 0.05) is 11.1 Å². The Kier molecular flexibility index (Phi) is 2.40. The summed E-state index contributed by atoms with van der Waals surface area (Å²) in [5, 5.41) is 1.89. The van der Waals surface area contributed by atoms with Crippen molar-refractivity contribution in [3.63, 3.8) is 0 Å². The van der Waals surface area contributed by atoms with Gasteiger partial charge in [-0.15, -0.1) is 11.3 Å². The highest BCUT2D eigenvalue weighted by atomic mass is 32.1. The maximum Gasteiger partial charge on any atom is 0.122 e. The summed E-state index contributed by atoms with van der Waals surface area (Å²) in [6.07, 6.45) is 1.74. The number of nitrogens with zero attached hydrogens (tertiary/aromatic N) is 2. The predicted octanol–water partition coefficient (Wildman–Crippen LogP) is 1.82. The molecular weight excluding hydrogens is 236 g/mol. The Hall–Kier alpha value is -1.76. The Bertz CT molecular complexity index is 694. The van der Waals surface area contributed by atoms with E-state index in [0.717, 1.165) is 26.1 Å². The number of hydrogen-bond donors (Lipinski definition) is 2. The zero-order valence-corrected chi connectivity index (χ0v) is 9.70. The van der Waals surface area contributed by atoms with Crippen LogP contribution < -0.4 is 11.6 Å². The van der Waals surface area contributed by atoms with Gasteiger partial charge in [0.25, 0.3) is 0 Å². The number of fused-ring (bicyclic) bond motifs is 3. The second kappa shape index (κ2) is 3.92. The van der Waals surface area contributed by atoms with Gasteiger partial charge in [0.15, 0.2) is 0 Å². The summed E-state index contributed by atoms with van der Waals surface area (Å²) in [4.78, 5) is 13.3. The van der Waals surface area contributed by atoms with E-state index in [9.17, 15) is 0 Å². The summed E-state index contributed by atoms with van der Waals surface area (Å²) in [6, 6.07) is 5.68. The lowest BCUT2D eigenvalue weighted by molar-refractivity contribution is 0.124. The number of nitrogen functional groups attached to an aromatic ring is 1. The number of rotatable bonds is 2. The third kappa shape index (κ3) is 1.72. The van der Waals surface area contributed by atoms with E-state index >= 15 is 0 Å². The Morgan fingerprint density at radius 2 is 2.18 bits per heavy atom. The maximum absolute atomic E-state index is 5.73. The van der Waals surface area contributed by atoms with Gasteiger partial charge in [-0.3, -0.25) is 9.82 Å². The van der Waals surface area contributed by atoms with E-state index in [2.05, 4.69) is 14.8 Å². The van der Waals surface area contributed by atoms with Gasteiger partial charge >= 0.3 is 0 Å². The summed E-state index contributed by atoms with van der Waals surface area (Å²) in [5.74, 6) is 5.05. The van der Waals surface area contributed by atoms with E-state index in [1.165, 1.54) is 0 Å². The summed E-state index contributed by atoms with van der Waals surface area (Å²) >= 11 is 1.56. The Morgan fingerprint density at radius 1 is 1.29 bits per heavy atom. The van der Waals surface area contributed by atoms with E-state index in [1.54, 1.807) is 17.5 Å². The molecule has 0 aliphatic heterocycles. The van der Waals surface area contributed by atoms with Gasteiger partial charge < -0.3 is 5.73 Å². The fourth-order valence-corrected chi connectivity index (χ4v) is 2.76. The fourth-order valence-electron chi connectivity index (χ4n) is 1.77. The van der Waals surface area contributed by atoms with Gasteiger partial charge in [0.1, 0.15) is 17.1 Å². The number of hydrogen-bond acceptors (Lipinski definition) is 6. The molecule has 0 radical (unpaired) electrons. The molecule has 0 amide bonds. The zero-order valence-electron chi connectivity index (χ0n) is 8.88.